The fourth-order valence-corrected chi connectivity index (χ4v) is 3.72. The third-order valence-electron chi connectivity index (χ3n) is 4.00. The standard InChI is InChI=1S/C20H17N3O2S/c1-24-15-8-14(9-16(10-15)25-2)23-19-17-11-18(13-6-4-3-5-7-13)26-20(17)22-12-21-19/h3-12H,1-2H3,(H,21,22,23). The van der Waals surface area contributed by atoms with Crippen molar-refractivity contribution < 1.29 is 9.47 Å². The highest BCUT2D eigenvalue weighted by Gasteiger charge is 2.11. The fraction of sp³-hybridized carbons (Fsp3) is 0.100. The number of rotatable bonds is 5. The van der Waals surface area contributed by atoms with Crippen LogP contribution in [0.4, 0.5) is 11.5 Å². The molecule has 1 N–H and O–H groups in total. The van der Waals surface area contributed by atoms with Gasteiger partial charge >= 0.3 is 0 Å². The van der Waals surface area contributed by atoms with Crippen molar-refractivity contribution >= 4 is 33.1 Å². The van der Waals surface area contributed by atoms with Crippen molar-refractivity contribution in [3.63, 3.8) is 0 Å². The van der Waals surface area contributed by atoms with Crippen molar-refractivity contribution in [2.45, 2.75) is 0 Å². The first-order valence-electron chi connectivity index (χ1n) is 8.07. The number of thiophene rings is 1. The summed E-state index contributed by atoms with van der Waals surface area (Å²) in [5, 5.41) is 4.34. The molecule has 0 unspecified atom stereocenters. The van der Waals surface area contributed by atoms with Gasteiger partial charge in [0.15, 0.2) is 0 Å². The Kier molecular flexibility index (Phi) is 4.41. The first-order valence-corrected chi connectivity index (χ1v) is 8.88. The van der Waals surface area contributed by atoms with E-state index in [1.807, 2.05) is 36.4 Å². The van der Waals surface area contributed by atoms with Gasteiger partial charge in [0, 0.05) is 28.8 Å². The Morgan fingerprint density at radius 1 is 0.885 bits per heavy atom. The molecule has 130 valence electrons. The van der Waals surface area contributed by atoms with Crippen LogP contribution in [0.15, 0.2) is 60.9 Å². The minimum atomic E-state index is 0.715. The lowest BCUT2D eigenvalue weighted by atomic mass is 10.2. The van der Waals surface area contributed by atoms with Gasteiger partial charge in [-0.1, -0.05) is 30.3 Å². The highest BCUT2D eigenvalue weighted by atomic mass is 32.1. The van der Waals surface area contributed by atoms with Crippen molar-refractivity contribution in [3.05, 3.63) is 60.9 Å². The summed E-state index contributed by atoms with van der Waals surface area (Å²) >= 11 is 1.65. The summed E-state index contributed by atoms with van der Waals surface area (Å²) in [7, 11) is 3.26. The highest BCUT2D eigenvalue weighted by molar-refractivity contribution is 7.21. The van der Waals surface area contributed by atoms with E-state index in [9.17, 15) is 0 Å². The van der Waals surface area contributed by atoms with Gasteiger partial charge in [-0.15, -0.1) is 11.3 Å². The van der Waals surface area contributed by atoms with Crippen molar-refractivity contribution in [2.24, 2.45) is 0 Å². The van der Waals surface area contributed by atoms with Gasteiger partial charge in [0.05, 0.1) is 19.6 Å². The number of methoxy groups -OCH3 is 2. The van der Waals surface area contributed by atoms with Gasteiger partial charge in [-0.3, -0.25) is 0 Å². The molecule has 2 aromatic carbocycles. The monoisotopic (exact) mass is 363 g/mol. The van der Waals surface area contributed by atoms with E-state index in [4.69, 9.17) is 9.47 Å². The summed E-state index contributed by atoms with van der Waals surface area (Å²) < 4.78 is 10.7. The minimum Gasteiger partial charge on any atom is -0.497 e. The number of benzene rings is 2. The first kappa shape index (κ1) is 16.4. The zero-order valence-corrected chi connectivity index (χ0v) is 15.2. The van der Waals surface area contributed by atoms with Crippen LogP contribution in [-0.4, -0.2) is 24.2 Å². The molecule has 4 rings (SSSR count). The maximum atomic E-state index is 5.33. The number of aromatic nitrogens is 2. The number of anilines is 2. The lowest BCUT2D eigenvalue weighted by Crippen LogP contribution is -1.96. The molecule has 0 aliphatic carbocycles. The first-order chi connectivity index (χ1) is 12.8. The number of nitrogens with one attached hydrogen (secondary N) is 1. The number of fused-ring (bicyclic) bond motifs is 1. The number of hydrogen-bond acceptors (Lipinski definition) is 6. The number of nitrogens with zero attached hydrogens (tertiary/aromatic N) is 2. The van der Waals surface area contributed by atoms with Gasteiger partial charge in [0.1, 0.15) is 28.5 Å². The van der Waals surface area contributed by atoms with E-state index in [1.54, 1.807) is 31.9 Å². The smallest absolute Gasteiger partial charge is 0.142 e. The molecule has 0 radical (unpaired) electrons. The van der Waals surface area contributed by atoms with E-state index >= 15 is 0 Å². The molecule has 0 aliphatic heterocycles. The van der Waals surface area contributed by atoms with Crippen LogP contribution in [0.25, 0.3) is 20.7 Å². The average molecular weight is 363 g/mol. The molecule has 2 heterocycles. The van der Waals surface area contributed by atoms with Crippen molar-refractivity contribution in [1.29, 1.82) is 0 Å². The van der Waals surface area contributed by atoms with E-state index in [0.29, 0.717) is 11.5 Å². The minimum absolute atomic E-state index is 0.715. The van der Waals surface area contributed by atoms with E-state index in [-0.39, 0.29) is 0 Å². The van der Waals surface area contributed by atoms with Crippen LogP contribution in [0.2, 0.25) is 0 Å². The molecule has 0 fully saturated rings. The molecule has 5 nitrogen and oxygen atoms in total. The molecule has 26 heavy (non-hydrogen) atoms. The van der Waals surface area contributed by atoms with E-state index < -0.39 is 0 Å². The lowest BCUT2D eigenvalue weighted by molar-refractivity contribution is 0.395. The molecule has 0 saturated heterocycles. The predicted molar refractivity (Wildman–Crippen MR) is 106 cm³/mol. The lowest BCUT2D eigenvalue weighted by Gasteiger charge is -2.10. The molecule has 2 aromatic heterocycles. The van der Waals surface area contributed by atoms with Gasteiger partial charge in [-0.2, -0.15) is 0 Å². The van der Waals surface area contributed by atoms with Crippen LogP contribution in [0.1, 0.15) is 0 Å². The summed E-state index contributed by atoms with van der Waals surface area (Å²) in [6.07, 6.45) is 1.58. The maximum absolute atomic E-state index is 5.33. The molecule has 0 spiro atoms. The molecule has 0 aliphatic rings. The van der Waals surface area contributed by atoms with Gasteiger partial charge in [-0.05, 0) is 11.6 Å². The third-order valence-corrected chi connectivity index (χ3v) is 5.09. The zero-order valence-electron chi connectivity index (χ0n) is 14.4. The van der Waals surface area contributed by atoms with Crippen LogP contribution in [0.3, 0.4) is 0 Å². The van der Waals surface area contributed by atoms with Crippen LogP contribution in [-0.2, 0) is 0 Å². The summed E-state index contributed by atoms with van der Waals surface area (Å²) in [6.45, 7) is 0. The van der Waals surface area contributed by atoms with E-state index in [2.05, 4.69) is 33.5 Å². The topological polar surface area (TPSA) is 56.3 Å². The average Bonchev–Trinajstić information content (AvgIpc) is 3.14. The quantitative estimate of drug-likeness (QED) is 0.533. The van der Waals surface area contributed by atoms with Gasteiger partial charge in [0.25, 0.3) is 0 Å². The fourth-order valence-electron chi connectivity index (χ4n) is 2.72. The Morgan fingerprint density at radius 3 is 2.31 bits per heavy atom. The van der Waals surface area contributed by atoms with Crippen molar-refractivity contribution in [1.82, 2.24) is 9.97 Å². The summed E-state index contributed by atoms with van der Waals surface area (Å²) in [5.41, 5.74) is 2.01. The zero-order chi connectivity index (χ0) is 17.9. The van der Waals surface area contributed by atoms with Crippen LogP contribution >= 0.6 is 11.3 Å². The van der Waals surface area contributed by atoms with Crippen LogP contribution < -0.4 is 14.8 Å². The Morgan fingerprint density at radius 2 is 1.62 bits per heavy atom. The highest BCUT2D eigenvalue weighted by Crippen LogP contribution is 2.36. The normalized spacial score (nSPS) is 10.7. The van der Waals surface area contributed by atoms with Gasteiger partial charge < -0.3 is 14.8 Å². The molecular formula is C20H17N3O2S. The second-order valence-electron chi connectivity index (χ2n) is 5.64. The molecular weight excluding hydrogens is 346 g/mol. The van der Waals surface area contributed by atoms with E-state index in [0.717, 1.165) is 26.6 Å². The number of ether oxygens (including phenoxy) is 2. The van der Waals surface area contributed by atoms with E-state index in [1.165, 1.54) is 5.56 Å². The van der Waals surface area contributed by atoms with Crippen molar-refractivity contribution in [3.8, 4) is 21.9 Å². The van der Waals surface area contributed by atoms with Gasteiger partial charge in [0.2, 0.25) is 0 Å². The molecule has 0 bridgehead atoms. The second-order valence-corrected chi connectivity index (χ2v) is 6.67. The largest absolute Gasteiger partial charge is 0.497 e. The molecule has 4 aromatic rings. The Hall–Kier alpha value is -3.12. The van der Waals surface area contributed by atoms with Crippen LogP contribution in [0, 0.1) is 0 Å². The summed E-state index contributed by atoms with van der Waals surface area (Å²) in [6, 6.07) is 18.0. The Bertz CT molecular complexity index is 1030. The maximum Gasteiger partial charge on any atom is 0.142 e. The summed E-state index contributed by atoms with van der Waals surface area (Å²) in [5.74, 6) is 2.18. The molecule has 0 saturated carbocycles. The second kappa shape index (κ2) is 7.01. The van der Waals surface area contributed by atoms with Crippen molar-refractivity contribution in [2.75, 3.05) is 19.5 Å². The summed E-state index contributed by atoms with van der Waals surface area (Å²) in [4.78, 5) is 10.9. The number of hydrogen-bond donors (Lipinski definition) is 1. The Labute approximate surface area is 155 Å². The molecule has 0 atom stereocenters. The molecule has 0 amide bonds. The molecule has 6 heteroatoms. The van der Waals surface area contributed by atoms with Crippen LogP contribution in [0.5, 0.6) is 11.5 Å². The predicted octanol–water partition coefficient (Wildman–Crippen LogP) is 5.12. The SMILES string of the molecule is COc1cc(Nc2ncnc3sc(-c4ccccc4)cc23)cc(OC)c1. The third kappa shape index (κ3) is 3.19. The van der Waals surface area contributed by atoms with Gasteiger partial charge in [-0.25, -0.2) is 9.97 Å². The Balaban J connectivity index is 1.74.